The van der Waals surface area contributed by atoms with Gasteiger partial charge in [0.05, 0.1) is 0 Å². The van der Waals surface area contributed by atoms with Gasteiger partial charge in [0.25, 0.3) is 0 Å². The average molecular weight is 314 g/mol. The zero-order chi connectivity index (χ0) is 13.9. The Morgan fingerprint density at radius 2 is 1.94 bits per heavy atom. The number of amides is 1. The minimum Gasteiger partial charge on any atom is -0.479 e. The Labute approximate surface area is 115 Å². The topological polar surface area (TPSA) is 57.6 Å². The highest BCUT2D eigenvalue weighted by atomic mass is 79.9. The molecule has 1 unspecified atom stereocenters. The molecule has 0 radical (unpaired) electrons. The van der Waals surface area contributed by atoms with Crippen LogP contribution in [0.15, 0.2) is 28.7 Å². The Morgan fingerprint density at radius 1 is 1.39 bits per heavy atom. The fraction of sp³-hybridized carbons (Fsp3) is 0.385. The average Bonchev–Trinajstić information content (AvgIpc) is 2.29. The van der Waals surface area contributed by atoms with Gasteiger partial charge in [-0.05, 0) is 19.9 Å². The van der Waals surface area contributed by atoms with Crippen LogP contribution in [-0.2, 0) is 15.1 Å². The SMILES string of the molecule is CCN(C(C)=O)C(C)(C(=O)O)c1ccccc1Br. The van der Waals surface area contributed by atoms with Crippen molar-refractivity contribution >= 4 is 27.8 Å². The van der Waals surface area contributed by atoms with E-state index in [9.17, 15) is 14.7 Å². The number of carbonyl (C=O) groups is 2. The molecule has 0 spiro atoms. The number of carbonyl (C=O) groups excluding carboxylic acids is 1. The Morgan fingerprint density at radius 3 is 2.33 bits per heavy atom. The van der Waals surface area contributed by atoms with Crippen molar-refractivity contribution in [3.05, 3.63) is 34.3 Å². The van der Waals surface area contributed by atoms with Crippen LogP contribution >= 0.6 is 15.9 Å². The van der Waals surface area contributed by atoms with Gasteiger partial charge in [0, 0.05) is 23.5 Å². The van der Waals surface area contributed by atoms with Crippen molar-refractivity contribution in [3.8, 4) is 0 Å². The standard InChI is InChI=1S/C13H16BrNO3/c1-4-15(9(2)16)13(3,12(17)18)10-7-5-6-8-11(10)14/h5-8H,4H2,1-3H3,(H,17,18). The second kappa shape index (κ2) is 5.52. The monoisotopic (exact) mass is 313 g/mol. The quantitative estimate of drug-likeness (QED) is 0.929. The first-order valence-corrected chi connectivity index (χ1v) is 6.41. The van der Waals surface area contributed by atoms with Crippen LogP contribution in [0.1, 0.15) is 26.3 Å². The first-order chi connectivity index (χ1) is 8.35. The van der Waals surface area contributed by atoms with Gasteiger partial charge in [0.1, 0.15) is 0 Å². The van der Waals surface area contributed by atoms with E-state index in [4.69, 9.17) is 0 Å². The lowest BCUT2D eigenvalue weighted by Crippen LogP contribution is -2.52. The minimum absolute atomic E-state index is 0.266. The van der Waals surface area contributed by atoms with E-state index in [0.717, 1.165) is 0 Å². The lowest BCUT2D eigenvalue weighted by Gasteiger charge is -2.37. The molecule has 1 aromatic carbocycles. The van der Waals surface area contributed by atoms with E-state index >= 15 is 0 Å². The van der Waals surface area contributed by atoms with Gasteiger partial charge in [0.2, 0.25) is 5.91 Å². The van der Waals surface area contributed by atoms with Crippen LogP contribution in [-0.4, -0.2) is 28.4 Å². The molecule has 1 amide bonds. The van der Waals surface area contributed by atoms with Gasteiger partial charge in [-0.1, -0.05) is 34.1 Å². The molecule has 0 bridgehead atoms. The number of likely N-dealkylation sites (N-methyl/N-ethyl adjacent to an activating group) is 1. The molecular formula is C13H16BrNO3. The van der Waals surface area contributed by atoms with E-state index in [1.165, 1.54) is 11.8 Å². The predicted molar refractivity (Wildman–Crippen MR) is 72.2 cm³/mol. The van der Waals surface area contributed by atoms with Gasteiger partial charge in [0.15, 0.2) is 5.54 Å². The zero-order valence-corrected chi connectivity index (χ0v) is 12.2. The molecule has 0 saturated carbocycles. The fourth-order valence-corrected chi connectivity index (χ4v) is 2.76. The van der Waals surface area contributed by atoms with Crippen LogP contribution in [0.4, 0.5) is 0 Å². The molecule has 18 heavy (non-hydrogen) atoms. The van der Waals surface area contributed by atoms with Crippen LogP contribution in [0.5, 0.6) is 0 Å². The molecule has 0 aliphatic carbocycles. The second-order valence-corrected chi connectivity index (χ2v) is 4.97. The second-order valence-electron chi connectivity index (χ2n) is 4.12. The molecule has 0 aromatic heterocycles. The van der Waals surface area contributed by atoms with Crippen LogP contribution < -0.4 is 0 Å². The number of hydrogen-bond donors (Lipinski definition) is 1. The van der Waals surface area contributed by atoms with Gasteiger partial charge in [-0.25, -0.2) is 4.79 Å². The van der Waals surface area contributed by atoms with E-state index in [0.29, 0.717) is 16.6 Å². The summed E-state index contributed by atoms with van der Waals surface area (Å²) >= 11 is 3.35. The molecule has 1 aromatic rings. The van der Waals surface area contributed by atoms with Crippen molar-refractivity contribution in [1.82, 2.24) is 4.90 Å². The molecular weight excluding hydrogens is 298 g/mol. The van der Waals surface area contributed by atoms with E-state index in [-0.39, 0.29) is 5.91 Å². The van der Waals surface area contributed by atoms with Gasteiger partial charge in [-0.2, -0.15) is 0 Å². The summed E-state index contributed by atoms with van der Waals surface area (Å²) in [5.41, 5.74) is -0.810. The Hall–Kier alpha value is -1.36. The van der Waals surface area contributed by atoms with E-state index in [1.807, 2.05) is 0 Å². The molecule has 5 heteroatoms. The van der Waals surface area contributed by atoms with Crippen molar-refractivity contribution < 1.29 is 14.7 Å². The molecule has 0 aliphatic heterocycles. The Bertz CT molecular complexity index is 475. The van der Waals surface area contributed by atoms with Gasteiger partial charge >= 0.3 is 5.97 Å². The first kappa shape index (κ1) is 14.7. The highest BCUT2D eigenvalue weighted by Crippen LogP contribution is 2.34. The Balaban J connectivity index is 3.45. The first-order valence-electron chi connectivity index (χ1n) is 5.62. The number of nitrogens with zero attached hydrogens (tertiary/aromatic N) is 1. The molecule has 1 N–H and O–H groups in total. The number of halogens is 1. The molecule has 1 rings (SSSR count). The van der Waals surface area contributed by atoms with E-state index in [2.05, 4.69) is 15.9 Å². The van der Waals surface area contributed by atoms with Crippen LogP contribution in [0.25, 0.3) is 0 Å². The number of benzene rings is 1. The zero-order valence-electron chi connectivity index (χ0n) is 10.6. The molecule has 0 fully saturated rings. The summed E-state index contributed by atoms with van der Waals surface area (Å²) in [4.78, 5) is 24.7. The summed E-state index contributed by atoms with van der Waals surface area (Å²) in [6.07, 6.45) is 0. The lowest BCUT2D eigenvalue weighted by atomic mass is 9.90. The molecule has 0 aliphatic rings. The maximum atomic E-state index is 11.7. The number of aliphatic carboxylic acids is 1. The summed E-state index contributed by atoms with van der Waals surface area (Å²) in [7, 11) is 0. The largest absolute Gasteiger partial charge is 0.479 e. The normalized spacial score (nSPS) is 13.8. The molecule has 0 heterocycles. The number of carboxylic acid groups (broad SMARTS) is 1. The van der Waals surface area contributed by atoms with Crippen LogP contribution in [0.3, 0.4) is 0 Å². The van der Waals surface area contributed by atoms with Gasteiger partial charge in [-0.3, -0.25) is 4.79 Å². The summed E-state index contributed by atoms with van der Waals surface area (Å²) in [5.74, 6) is -1.32. The van der Waals surface area contributed by atoms with Gasteiger partial charge < -0.3 is 10.0 Å². The van der Waals surface area contributed by atoms with Crippen molar-refractivity contribution in [2.24, 2.45) is 0 Å². The van der Waals surface area contributed by atoms with Crippen LogP contribution in [0, 0.1) is 0 Å². The number of rotatable bonds is 4. The fourth-order valence-electron chi connectivity index (χ4n) is 2.09. The summed E-state index contributed by atoms with van der Waals surface area (Å²) < 4.78 is 0.676. The van der Waals surface area contributed by atoms with Crippen molar-refractivity contribution in [2.75, 3.05) is 6.54 Å². The highest BCUT2D eigenvalue weighted by Gasteiger charge is 2.43. The molecule has 98 valence electrons. The molecule has 4 nitrogen and oxygen atoms in total. The number of hydrogen-bond acceptors (Lipinski definition) is 2. The van der Waals surface area contributed by atoms with E-state index < -0.39 is 11.5 Å². The van der Waals surface area contributed by atoms with Crippen molar-refractivity contribution in [3.63, 3.8) is 0 Å². The summed E-state index contributed by atoms with van der Waals surface area (Å²) in [5, 5.41) is 9.55. The minimum atomic E-state index is -1.37. The summed E-state index contributed by atoms with van der Waals surface area (Å²) in [6, 6.07) is 7.05. The van der Waals surface area contributed by atoms with Crippen molar-refractivity contribution in [1.29, 1.82) is 0 Å². The smallest absolute Gasteiger partial charge is 0.334 e. The summed E-state index contributed by atoms with van der Waals surface area (Å²) in [6.45, 7) is 5.01. The third kappa shape index (κ3) is 2.41. The highest BCUT2D eigenvalue weighted by molar-refractivity contribution is 9.10. The molecule has 1 atom stereocenters. The Kier molecular flexibility index (Phi) is 4.51. The lowest BCUT2D eigenvalue weighted by molar-refractivity contribution is -0.158. The number of carboxylic acids is 1. The third-order valence-electron chi connectivity index (χ3n) is 3.05. The third-order valence-corrected chi connectivity index (χ3v) is 3.74. The predicted octanol–water partition coefficient (Wildman–Crippen LogP) is 2.62. The van der Waals surface area contributed by atoms with Gasteiger partial charge in [-0.15, -0.1) is 0 Å². The van der Waals surface area contributed by atoms with E-state index in [1.54, 1.807) is 38.1 Å². The maximum absolute atomic E-state index is 11.7. The molecule has 0 saturated heterocycles. The van der Waals surface area contributed by atoms with Crippen LogP contribution in [0.2, 0.25) is 0 Å². The van der Waals surface area contributed by atoms with Crippen molar-refractivity contribution in [2.45, 2.75) is 26.3 Å². The maximum Gasteiger partial charge on any atom is 0.334 e.